The molecule has 20 heavy (non-hydrogen) atoms. The van der Waals surface area contributed by atoms with Crippen LogP contribution in [-0.4, -0.2) is 4.98 Å². The first-order chi connectivity index (χ1) is 9.47. The maximum atomic E-state index is 12.8. The summed E-state index contributed by atoms with van der Waals surface area (Å²) in [5.41, 5.74) is 7.02. The number of nitrogens with two attached hydrogens (primary N) is 1. The zero-order valence-corrected chi connectivity index (χ0v) is 12.7. The molecule has 0 saturated heterocycles. The first-order valence-electron chi connectivity index (χ1n) is 6.60. The molecule has 0 spiro atoms. The van der Waals surface area contributed by atoms with E-state index in [0.717, 1.165) is 15.6 Å². The fourth-order valence-corrected chi connectivity index (χ4v) is 2.96. The quantitative estimate of drug-likeness (QED) is 0.906. The normalized spacial score (nSPS) is 12.7. The Morgan fingerprint density at radius 3 is 2.40 bits per heavy atom. The Balaban J connectivity index is 2.10. The molecule has 1 atom stereocenters. The van der Waals surface area contributed by atoms with Crippen molar-refractivity contribution in [2.45, 2.75) is 39.3 Å². The second-order valence-corrected chi connectivity index (χ2v) is 6.16. The van der Waals surface area contributed by atoms with Gasteiger partial charge in [0.15, 0.2) is 0 Å². The number of thiazole rings is 1. The first-order valence-corrected chi connectivity index (χ1v) is 7.42. The molecule has 0 aliphatic heterocycles. The predicted octanol–water partition coefficient (Wildman–Crippen LogP) is 4.00. The maximum Gasteiger partial charge on any atom is 0.140 e. The summed E-state index contributed by atoms with van der Waals surface area (Å²) in [6.45, 7) is 6.55. The van der Waals surface area contributed by atoms with E-state index in [2.05, 4.69) is 18.8 Å². The molecule has 0 amide bonds. The Morgan fingerprint density at radius 2 is 1.90 bits per heavy atom. The third-order valence-corrected chi connectivity index (χ3v) is 4.11. The predicted molar refractivity (Wildman–Crippen MR) is 79.5 cm³/mol. The number of hydrogen-bond donors (Lipinski definition) is 1. The minimum atomic E-state index is -0.270. The van der Waals surface area contributed by atoms with Crippen molar-refractivity contribution in [1.82, 2.24) is 4.98 Å². The van der Waals surface area contributed by atoms with Crippen molar-refractivity contribution in [3.8, 4) is 5.75 Å². The van der Waals surface area contributed by atoms with Crippen LogP contribution < -0.4 is 10.5 Å². The zero-order chi connectivity index (χ0) is 14.7. The van der Waals surface area contributed by atoms with Crippen molar-refractivity contribution in [2.75, 3.05) is 0 Å². The van der Waals surface area contributed by atoms with Crippen LogP contribution in [0.3, 0.4) is 0 Å². The van der Waals surface area contributed by atoms with E-state index in [-0.39, 0.29) is 11.9 Å². The van der Waals surface area contributed by atoms with Gasteiger partial charge in [-0.1, -0.05) is 13.8 Å². The number of benzene rings is 1. The van der Waals surface area contributed by atoms with Gasteiger partial charge in [0.25, 0.3) is 0 Å². The average molecular weight is 294 g/mol. The SMILES string of the molecule is CC(C)c1nc(COc2ccc(F)cc2)sc1C(C)N. The van der Waals surface area contributed by atoms with Gasteiger partial charge in [0.2, 0.25) is 0 Å². The summed E-state index contributed by atoms with van der Waals surface area (Å²) < 4.78 is 18.4. The monoisotopic (exact) mass is 294 g/mol. The highest BCUT2D eigenvalue weighted by atomic mass is 32.1. The van der Waals surface area contributed by atoms with Crippen LogP contribution in [0.25, 0.3) is 0 Å². The molecule has 1 heterocycles. The summed E-state index contributed by atoms with van der Waals surface area (Å²) in [5, 5.41) is 0.894. The van der Waals surface area contributed by atoms with E-state index in [1.807, 2.05) is 6.92 Å². The van der Waals surface area contributed by atoms with Gasteiger partial charge in [-0.2, -0.15) is 0 Å². The highest BCUT2D eigenvalue weighted by molar-refractivity contribution is 7.11. The Bertz CT molecular complexity index is 538. The summed E-state index contributed by atoms with van der Waals surface area (Å²) >= 11 is 1.58. The lowest BCUT2D eigenvalue weighted by Gasteiger charge is -2.07. The third-order valence-electron chi connectivity index (χ3n) is 2.86. The molecule has 1 aromatic carbocycles. The molecule has 0 radical (unpaired) electrons. The van der Waals surface area contributed by atoms with Gasteiger partial charge in [-0.15, -0.1) is 11.3 Å². The zero-order valence-electron chi connectivity index (χ0n) is 11.9. The Labute approximate surface area is 122 Å². The first kappa shape index (κ1) is 14.9. The van der Waals surface area contributed by atoms with Gasteiger partial charge in [-0.25, -0.2) is 9.37 Å². The second kappa shape index (κ2) is 6.33. The van der Waals surface area contributed by atoms with E-state index in [1.54, 1.807) is 23.5 Å². The van der Waals surface area contributed by atoms with Gasteiger partial charge < -0.3 is 10.5 Å². The fourth-order valence-electron chi connectivity index (χ4n) is 1.87. The number of rotatable bonds is 5. The van der Waals surface area contributed by atoms with Crippen LogP contribution >= 0.6 is 11.3 Å². The second-order valence-electron chi connectivity index (χ2n) is 5.04. The largest absolute Gasteiger partial charge is 0.486 e. The van der Waals surface area contributed by atoms with Crippen molar-refractivity contribution >= 4 is 11.3 Å². The van der Waals surface area contributed by atoms with Gasteiger partial charge in [0, 0.05) is 10.9 Å². The van der Waals surface area contributed by atoms with Gasteiger partial charge >= 0.3 is 0 Å². The molecule has 3 nitrogen and oxygen atoms in total. The van der Waals surface area contributed by atoms with Gasteiger partial charge in [0.1, 0.15) is 23.2 Å². The molecule has 2 N–H and O–H groups in total. The Hall–Kier alpha value is -1.46. The van der Waals surface area contributed by atoms with Gasteiger partial charge in [-0.3, -0.25) is 0 Å². The van der Waals surface area contributed by atoms with Crippen LogP contribution in [0, 0.1) is 5.82 Å². The average Bonchev–Trinajstić information content (AvgIpc) is 2.83. The molecule has 0 saturated carbocycles. The summed E-state index contributed by atoms with van der Waals surface area (Å²) in [6, 6.07) is 5.95. The summed E-state index contributed by atoms with van der Waals surface area (Å²) in [5.74, 6) is 0.704. The summed E-state index contributed by atoms with van der Waals surface area (Å²) in [6.07, 6.45) is 0. The van der Waals surface area contributed by atoms with Crippen LogP contribution in [0.15, 0.2) is 24.3 Å². The van der Waals surface area contributed by atoms with Crippen LogP contribution in [0.2, 0.25) is 0 Å². The molecule has 2 aromatic rings. The molecule has 0 aliphatic rings. The maximum absolute atomic E-state index is 12.8. The van der Waals surface area contributed by atoms with Crippen LogP contribution in [0.4, 0.5) is 4.39 Å². The molecule has 0 bridgehead atoms. The minimum Gasteiger partial charge on any atom is -0.486 e. The van der Waals surface area contributed by atoms with E-state index >= 15 is 0 Å². The number of aromatic nitrogens is 1. The van der Waals surface area contributed by atoms with Crippen molar-refractivity contribution in [1.29, 1.82) is 0 Å². The highest BCUT2D eigenvalue weighted by Crippen LogP contribution is 2.29. The molecule has 108 valence electrons. The van der Waals surface area contributed by atoms with Crippen molar-refractivity contribution in [3.05, 3.63) is 45.7 Å². The third kappa shape index (κ3) is 3.55. The van der Waals surface area contributed by atoms with E-state index in [4.69, 9.17) is 10.5 Å². The van der Waals surface area contributed by atoms with E-state index in [9.17, 15) is 4.39 Å². The number of nitrogens with zero attached hydrogens (tertiary/aromatic N) is 1. The smallest absolute Gasteiger partial charge is 0.140 e. The van der Waals surface area contributed by atoms with Crippen LogP contribution in [0.1, 0.15) is 48.3 Å². The lowest BCUT2D eigenvalue weighted by molar-refractivity contribution is 0.304. The molecule has 1 aromatic heterocycles. The van der Waals surface area contributed by atoms with Crippen molar-refractivity contribution < 1.29 is 9.13 Å². The summed E-state index contributed by atoms with van der Waals surface area (Å²) in [4.78, 5) is 5.71. The molecule has 0 aliphatic carbocycles. The van der Waals surface area contributed by atoms with E-state index < -0.39 is 0 Å². The fraction of sp³-hybridized carbons (Fsp3) is 0.400. The number of hydrogen-bond acceptors (Lipinski definition) is 4. The highest BCUT2D eigenvalue weighted by Gasteiger charge is 2.17. The Morgan fingerprint density at radius 1 is 1.25 bits per heavy atom. The molecular weight excluding hydrogens is 275 g/mol. The van der Waals surface area contributed by atoms with Gasteiger partial charge in [-0.05, 0) is 37.1 Å². The molecule has 0 fully saturated rings. The lowest BCUT2D eigenvalue weighted by atomic mass is 10.1. The minimum absolute atomic E-state index is 0.0236. The number of halogens is 1. The van der Waals surface area contributed by atoms with Crippen molar-refractivity contribution in [2.24, 2.45) is 5.73 Å². The van der Waals surface area contributed by atoms with E-state index in [1.165, 1.54) is 12.1 Å². The lowest BCUT2D eigenvalue weighted by Crippen LogP contribution is -2.06. The molecule has 5 heteroatoms. The summed E-state index contributed by atoms with van der Waals surface area (Å²) in [7, 11) is 0. The standard InChI is InChI=1S/C15H19FN2OS/c1-9(2)14-15(10(3)17)20-13(18-14)8-19-12-6-4-11(16)5-7-12/h4-7,9-10H,8,17H2,1-3H3. The molecule has 2 rings (SSSR count). The van der Waals surface area contributed by atoms with Crippen molar-refractivity contribution in [3.63, 3.8) is 0 Å². The van der Waals surface area contributed by atoms with Gasteiger partial charge in [0.05, 0.1) is 5.69 Å². The Kier molecular flexibility index (Phi) is 4.73. The van der Waals surface area contributed by atoms with Crippen LogP contribution in [0.5, 0.6) is 5.75 Å². The van der Waals surface area contributed by atoms with E-state index in [0.29, 0.717) is 18.3 Å². The number of ether oxygens (including phenoxy) is 1. The van der Waals surface area contributed by atoms with Crippen LogP contribution in [-0.2, 0) is 6.61 Å². The molecule has 1 unspecified atom stereocenters. The molecular formula is C15H19FN2OS. The topological polar surface area (TPSA) is 48.1 Å².